The van der Waals surface area contributed by atoms with E-state index in [2.05, 4.69) is 25.6 Å². The molecule has 8 atom stereocenters. The van der Waals surface area contributed by atoms with Gasteiger partial charge in [-0.3, -0.25) is 0 Å². The Kier molecular flexibility index (Phi) is 6.69. The first-order chi connectivity index (χ1) is 15.8. The lowest BCUT2D eigenvalue weighted by atomic mass is 9.43. The van der Waals surface area contributed by atoms with Gasteiger partial charge in [0, 0.05) is 22.5 Å². The van der Waals surface area contributed by atoms with Gasteiger partial charge in [0.15, 0.2) is 0 Å². The minimum absolute atomic E-state index is 0.104. The first-order valence-corrected chi connectivity index (χ1v) is 14.3. The number of thioether (sulfide) groups is 1. The van der Waals surface area contributed by atoms with Gasteiger partial charge < -0.3 is 19.7 Å². The number of ether oxygens (including phenoxy) is 2. The molecule has 4 fully saturated rings. The zero-order valence-electron chi connectivity index (χ0n) is 20.4. The molecule has 186 valence electrons. The third-order valence-electron chi connectivity index (χ3n) is 10.8. The number of hydrogen-bond acceptors (Lipinski definition) is 6. The second kappa shape index (κ2) is 9.15. The molecule has 0 bridgehead atoms. The Hall–Kier alpha value is -0.560. The molecule has 1 heterocycles. The molecule has 5 aliphatic rings. The monoisotopic (exact) mass is 478 g/mol. The highest BCUT2D eigenvalue weighted by Gasteiger charge is 2.67. The van der Waals surface area contributed by atoms with Crippen LogP contribution in [0.5, 0.6) is 0 Å². The quantitative estimate of drug-likeness (QED) is 0.418. The summed E-state index contributed by atoms with van der Waals surface area (Å²) >= 11 is 2.06. The fraction of sp³-hybridized carbons (Fsp3) is 0.889. The normalized spacial score (nSPS) is 46.8. The van der Waals surface area contributed by atoms with Gasteiger partial charge in [-0.1, -0.05) is 13.8 Å². The SMILES string of the molecule is C[C@]12CC[C@H](SCCOCCO)C[C@H]1CC[C@@H]1[C@@H]2CC[C@]2(C)[C@@H](C3=CC(=O)OC3)CC[C@]12O. The van der Waals surface area contributed by atoms with Crippen molar-refractivity contribution < 1.29 is 24.5 Å². The Morgan fingerprint density at radius 2 is 1.94 bits per heavy atom. The number of fused-ring (bicyclic) bond motifs is 5. The van der Waals surface area contributed by atoms with Gasteiger partial charge in [-0.05, 0) is 92.4 Å². The molecule has 2 N–H and O–H groups in total. The molecule has 1 aliphatic heterocycles. The standard InChI is InChI=1S/C27H42O5S/c1-25-8-5-20(33-14-13-31-12-11-28)16-19(25)3-4-23-22(25)6-9-26(2)21(7-10-27(23,26)30)18-15-24(29)32-17-18/h15,19-23,28,30H,3-14,16-17H2,1-2H3/t19-,20+,21-,22+,23-,25+,26-,27+/m1/s1. The maximum absolute atomic E-state index is 12.3. The summed E-state index contributed by atoms with van der Waals surface area (Å²) in [5, 5.41) is 21.9. The number of cyclic esters (lactones) is 1. The summed E-state index contributed by atoms with van der Waals surface area (Å²) < 4.78 is 10.7. The van der Waals surface area contributed by atoms with Crippen molar-refractivity contribution in [3.05, 3.63) is 11.6 Å². The fourth-order valence-corrected chi connectivity index (χ4v) is 10.2. The highest BCUT2D eigenvalue weighted by molar-refractivity contribution is 7.99. The average molecular weight is 479 g/mol. The Morgan fingerprint density at radius 1 is 1.09 bits per heavy atom. The lowest BCUT2D eigenvalue weighted by Crippen LogP contribution is -2.62. The molecule has 0 saturated heterocycles. The Labute approximate surface area is 203 Å². The number of carbonyl (C=O) groups excluding carboxylic acids is 1. The minimum atomic E-state index is -0.614. The topological polar surface area (TPSA) is 76.0 Å². The van der Waals surface area contributed by atoms with E-state index in [1.165, 1.54) is 32.1 Å². The highest BCUT2D eigenvalue weighted by atomic mass is 32.2. The van der Waals surface area contributed by atoms with E-state index < -0.39 is 5.60 Å². The molecule has 4 saturated carbocycles. The van der Waals surface area contributed by atoms with E-state index in [9.17, 15) is 9.90 Å². The molecule has 5 rings (SSSR count). The van der Waals surface area contributed by atoms with Gasteiger partial charge in [-0.2, -0.15) is 11.8 Å². The molecule has 0 unspecified atom stereocenters. The van der Waals surface area contributed by atoms with Crippen LogP contribution in [0, 0.1) is 34.5 Å². The van der Waals surface area contributed by atoms with E-state index in [-0.39, 0.29) is 23.9 Å². The summed E-state index contributed by atoms with van der Waals surface area (Å²) in [5.74, 6) is 2.85. The van der Waals surface area contributed by atoms with Crippen molar-refractivity contribution >= 4 is 17.7 Å². The number of aliphatic hydroxyl groups is 2. The van der Waals surface area contributed by atoms with Crippen LogP contribution in [-0.2, 0) is 14.3 Å². The average Bonchev–Trinajstić information content (AvgIpc) is 3.33. The zero-order valence-corrected chi connectivity index (χ0v) is 21.2. The summed E-state index contributed by atoms with van der Waals surface area (Å²) in [7, 11) is 0. The van der Waals surface area contributed by atoms with Crippen molar-refractivity contribution in [3.63, 3.8) is 0 Å². The molecule has 0 radical (unpaired) electrons. The van der Waals surface area contributed by atoms with Crippen molar-refractivity contribution in [1.29, 1.82) is 0 Å². The number of aliphatic hydroxyl groups excluding tert-OH is 1. The molecule has 0 aromatic carbocycles. The van der Waals surface area contributed by atoms with E-state index in [0.29, 0.717) is 30.5 Å². The summed E-state index contributed by atoms with van der Waals surface area (Å²) in [6.07, 6.45) is 12.1. The van der Waals surface area contributed by atoms with Crippen molar-refractivity contribution in [2.75, 3.05) is 32.2 Å². The molecule has 0 aromatic heterocycles. The van der Waals surface area contributed by atoms with Crippen LogP contribution in [0.3, 0.4) is 0 Å². The molecule has 33 heavy (non-hydrogen) atoms. The summed E-state index contributed by atoms with van der Waals surface area (Å²) in [5.41, 5.74) is 0.709. The summed E-state index contributed by atoms with van der Waals surface area (Å²) in [4.78, 5) is 11.7. The van der Waals surface area contributed by atoms with Crippen LogP contribution in [-0.4, -0.2) is 59.2 Å². The molecule has 0 aromatic rings. The van der Waals surface area contributed by atoms with Crippen molar-refractivity contribution in [3.8, 4) is 0 Å². The van der Waals surface area contributed by atoms with Gasteiger partial charge >= 0.3 is 5.97 Å². The maximum Gasteiger partial charge on any atom is 0.331 e. The van der Waals surface area contributed by atoms with Gasteiger partial charge in [0.05, 0.1) is 25.4 Å². The second-order valence-corrected chi connectivity index (χ2v) is 13.3. The van der Waals surface area contributed by atoms with Gasteiger partial charge in [0.25, 0.3) is 0 Å². The maximum atomic E-state index is 12.3. The van der Waals surface area contributed by atoms with Gasteiger partial charge in [0.1, 0.15) is 6.61 Å². The third kappa shape index (κ3) is 3.91. The number of esters is 1. The van der Waals surface area contributed by atoms with Gasteiger partial charge in [-0.25, -0.2) is 4.79 Å². The van der Waals surface area contributed by atoms with E-state index in [1.54, 1.807) is 6.08 Å². The van der Waals surface area contributed by atoms with E-state index >= 15 is 0 Å². The van der Waals surface area contributed by atoms with E-state index in [4.69, 9.17) is 14.6 Å². The largest absolute Gasteiger partial charge is 0.458 e. The predicted octanol–water partition coefficient (Wildman–Crippen LogP) is 4.35. The molecular formula is C27H42O5S. The number of hydrogen-bond donors (Lipinski definition) is 2. The van der Waals surface area contributed by atoms with Gasteiger partial charge in [-0.15, -0.1) is 0 Å². The first-order valence-electron chi connectivity index (χ1n) is 13.2. The Morgan fingerprint density at radius 3 is 2.70 bits per heavy atom. The molecule has 4 aliphatic carbocycles. The van der Waals surface area contributed by atoms with Crippen LogP contribution >= 0.6 is 11.8 Å². The highest BCUT2D eigenvalue weighted by Crippen LogP contribution is 2.70. The lowest BCUT2D eigenvalue weighted by Gasteiger charge is -2.64. The zero-order chi connectivity index (χ0) is 23.3. The van der Waals surface area contributed by atoms with Crippen LogP contribution in [0.2, 0.25) is 0 Å². The number of rotatable bonds is 7. The first kappa shape index (κ1) is 24.1. The van der Waals surface area contributed by atoms with E-state index in [0.717, 1.165) is 54.8 Å². The van der Waals surface area contributed by atoms with Crippen LogP contribution in [0.15, 0.2) is 11.6 Å². The Bertz CT molecular complexity index is 784. The summed E-state index contributed by atoms with van der Waals surface area (Å²) in [6.45, 7) is 6.56. The fourth-order valence-electron chi connectivity index (χ4n) is 8.96. The predicted molar refractivity (Wildman–Crippen MR) is 130 cm³/mol. The lowest BCUT2D eigenvalue weighted by molar-refractivity contribution is -0.203. The van der Waals surface area contributed by atoms with Crippen molar-refractivity contribution in [2.45, 2.75) is 82.5 Å². The minimum Gasteiger partial charge on any atom is -0.458 e. The molecular weight excluding hydrogens is 436 g/mol. The molecule has 0 amide bonds. The molecule has 0 spiro atoms. The smallest absolute Gasteiger partial charge is 0.331 e. The van der Waals surface area contributed by atoms with Crippen LogP contribution in [0.25, 0.3) is 0 Å². The molecule has 6 heteroatoms. The van der Waals surface area contributed by atoms with Crippen LogP contribution in [0.4, 0.5) is 0 Å². The third-order valence-corrected chi connectivity index (χ3v) is 12.1. The van der Waals surface area contributed by atoms with Crippen LogP contribution < -0.4 is 0 Å². The van der Waals surface area contributed by atoms with Crippen molar-refractivity contribution in [1.82, 2.24) is 0 Å². The molecule has 5 nitrogen and oxygen atoms in total. The Balaban J connectivity index is 1.27. The summed E-state index contributed by atoms with van der Waals surface area (Å²) in [6, 6.07) is 0. The van der Waals surface area contributed by atoms with Crippen molar-refractivity contribution in [2.24, 2.45) is 34.5 Å². The number of carbonyl (C=O) groups is 1. The van der Waals surface area contributed by atoms with Gasteiger partial charge in [0.2, 0.25) is 0 Å². The van der Waals surface area contributed by atoms with E-state index in [1.807, 2.05) is 0 Å². The second-order valence-electron chi connectivity index (χ2n) is 11.9. The van der Waals surface area contributed by atoms with Crippen LogP contribution in [0.1, 0.15) is 71.6 Å².